The first-order valence-electron chi connectivity index (χ1n) is 11.9. The van der Waals surface area contributed by atoms with E-state index in [-0.39, 0.29) is 17.5 Å². The van der Waals surface area contributed by atoms with Gasteiger partial charge in [0.25, 0.3) is 0 Å². The van der Waals surface area contributed by atoms with Crippen LogP contribution in [0.1, 0.15) is 16.8 Å². The van der Waals surface area contributed by atoms with Crippen molar-refractivity contribution in [1.29, 1.82) is 0 Å². The van der Waals surface area contributed by atoms with Crippen molar-refractivity contribution in [3.63, 3.8) is 0 Å². The molecular formula is C29H25FN6O2. The van der Waals surface area contributed by atoms with Gasteiger partial charge in [-0.3, -0.25) is 4.79 Å². The summed E-state index contributed by atoms with van der Waals surface area (Å²) in [6.07, 6.45) is 2.64. The van der Waals surface area contributed by atoms with Crippen LogP contribution >= 0.6 is 0 Å². The number of benzene rings is 2. The van der Waals surface area contributed by atoms with Crippen LogP contribution in [0.15, 0.2) is 79.6 Å². The van der Waals surface area contributed by atoms with Crippen molar-refractivity contribution in [3.05, 3.63) is 102 Å². The van der Waals surface area contributed by atoms with Gasteiger partial charge in [0.1, 0.15) is 11.8 Å². The number of ether oxygens (including phenoxy) is 1. The molecule has 1 amide bonds. The van der Waals surface area contributed by atoms with Crippen LogP contribution in [0.25, 0.3) is 28.0 Å². The minimum Gasteiger partial charge on any atom is -0.436 e. The molecule has 0 bridgehead atoms. The van der Waals surface area contributed by atoms with E-state index in [0.717, 1.165) is 28.1 Å². The van der Waals surface area contributed by atoms with Gasteiger partial charge in [0.2, 0.25) is 11.8 Å². The van der Waals surface area contributed by atoms with Gasteiger partial charge in [-0.1, -0.05) is 36.9 Å². The molecule has 0 unspecified atom stereocenters. The van der Waals surface area contributed by atoms with Crippen LogP contribution in [0.3, 0.4) is 0 Å². The summed E-state index contributed by atoms with van der Waals surface area (Å²) < 4.78 is 22.9. The van der Waals surface area contributed by atoms with Crippen LogP contribution in [0.2, 0.25) is 0 Å². The Balaban J connectivity index is 1.59. The lowest BCUT2D eigenvalue weighted by molar-refractivity contribution is -0.116. The normalized spacial score (nSPS) is 10.9. The molecule has 3 heterocycles. The number of carbonyl (C=O) groups is 1. The number of amides is 1. The summed E-state index contributed by atoms with van der Waals surface area (Å²) in [4.78, 5) is 24.4. The summed E-state index contributed by atoms with van der Waals surface area (Å²) in [6, 6.07) is 17.7. The Bertz CT molecular complexity index is 1680. The van der Waals surface area contributed by atoms with E-state index >= 15 is 4.39 Å². The minimum atomic E-state index is -0.556. The lowest BCUT2D eigenvalue weighted by Gasteiger charge is -2.14. The van der Waals surface area contributed by atoms with Crippen molar-refractivity contribution < 1.29 is 13.9 Å². The van der Waals surface area contributed by atoms with Gasteiger partial charge in [-0.25, -0.2) is 19.3 Å². The van der Waals surface area contributed by atoms with Crippen molar-refractivity contribution in [2.24, 2.45) is 0 Å². The highest BCUT2D eigenvalue weighted by atomic mass is 19.1. The Morgan fingerprint density at radius 1 is 1.13 bits per heavy atom. The maximum Gasteiger partial charge on any atom is 0.243 e. The van der Waals surface area contributed by atoms with Crippen LogP contribution in [0, 0.1) is 19.7 Å². The number of hydrogen-bond acceptors (Lipinski definition) is 6. The molecule has 3 aromatic heterocycles. The highest BCUT2D eigenvalue weighted by Gasteiger charge is 2.22. The van der Waals surface area contributed by atoms with Gasteiger partial charge < -0.3 is 20.4 Å². The number of rotatable bonds is 7. The second-order valence-corrected chi connectivity index (χ2v) is 8.72. The lowest BCUT2D eigenvalue weighted by Crippen LogP contribution is -2.19. The molecule has 0 atom stereocenters. The molecule has 38 heavy (non-hydrogen) atoms. The van der Waals surface area contributed by atoms with Crippen LogP contribution in [0.5, 0.6) is 11.6 Å². The molecule has 8 nitrogen and oxygen atoms in total. The van der Waals surface area contributed by atoms with Crippen molar-refractivity contribution in [2.45, 2.75) is 20.4 Å². The number of nitrogens with two attached hydrogens (primary N) is 1. The number of fused-ring (bicyclic) bond motifs is 1. The maximum atomic E-state index is 15.3. The second-order valence-electron chi connectivity index (χ2n) is 8.72. The minimum absolute atomic E-state index is 0.0525. The number of carbonyl (C=O) groups excluding carboxylic acids is 1. The molecule has 0 spiro atoms. The van der Waals surface area contributed by atoms with Crippen LogP contribution in [-0.2, 0) is 11.3 Å². The molecule has 2 aromatic carbocycles. The predicted molar refractivity (Wildman–Crippen MR) is 145 cm³/mol. The average Bonchev–Trinajstić information content (AvgIpc) is 3.22. The van der Waals surface area contributed by atoms with E-state index in [4.69, 9.17) is 10.5 Å². The monoisotopic (exact) mass is 508 g/mol. The van der Waals surface area contributed by atoms with E-state index < -0.39 is 5.82 Å². The maximum absolute atomic E-state index is 15.3. The summed E-state index contributed by atoms with van der Waals surface area (Å²) in [7, 11) is 0. The topological polar surface area (TPSA) is 108 Å². The standard InChI is InChI=1S/C29H25FN6O2/c1-4-24(37)32-15-19-8-10-20(11-9-19)27-18(3)26-28(29(31)34-16-33-26)36(27)21-12-13-23(22(30)14-21)38-25-7-5-6-17(2)35-25/h4-14,16H,1,15H2,2-3H3,(H,32,37)(H2,31,33,34). The van der Waals surface area contributed by atoms with Gasteiger partial charge in [0.15, 0.2) is 17.4 Å². The molecule has 5 rings (SSSR count). The van der Waals surface area contributed by atoms with Gasteiger partial charge in [0.05, 0.1) is 11.2 Å². The highest BCUT2D eigenvalue weighted by Crippen LogP contribution is 2.38. The van der Waals surface area contributed by atoms with Crippen molar-refractivity contribution in [2.75, 3.05) is 5.73 Å². The molecule has 9 heteroatoms. The van der Waals surface area contributed by atoms with E-state index in [1.54, 1.807) is 24.3 Å². The van der Waals surface area contributed by atoms with Gasteiger partial charge in [0, 0.05) is 35.6 Å². The summed E-state index contributed by atoms with van der Waals surface area (Å²) >= 11 is 0. The molecular weight excluding hydrogens is 483 g/mol. The highest BCUT2D eigenvalue weighted by molar-refractivity contribution is 5.96. The molecule has 0 fully saturated rings. The first kappa shape index (κ1) is 24.6. The average molecular weight is 509 g/mol. The van der Waals surface area contributed by atoms with Crippen LogP contribution < -0.4 is 15.8 Å². The smallest absolute Gasteiger partial charge is 0.243 e. The van der Waals surface area contributed by atoms with Crippen molar-refractivity contribution >= 4 is 22.8 Å². The molecule has 190 valence electrons. The largest absolute Gasteiger partial charge is 0.436 e. The van der Waals surface area contributed by atoms with E-state index in [9.17, 15) is 4.79 Å². The Morgan fingerprint density at radius 2 is 1.92 bits per heavy atom. The van der Waals surface area contributed by atoms with E-state index in [1.807, 2.05) is 48.7 Å². The van der Waals surface area contributed by atoms with Gasteiger partial charge >= 0.3 is 0 Å². The fraction of sp³-hybridized carbons (Fsp3) is 0.103. The zero-order chi connectivity index (χ0) is 26.8. The number of nitrogen functional groups attached to an aromatic ring is 1. The van der Waals surface area contributed by atoms with Crippen molar-refractivity contribution in [1.82, 2.24) is 24.8 Å². The Hall–Kier alpha value is -5.05. The SMILES string of the molecule is C=CC(=O)NCc1ccc(-c2c(C)c3ncnc(N)c3n2-c2ccc(Oc3cccc(C)n3)c(F)c2)cc1. The molecule has 0 saturated carbocycles. The van der Waals surface area contributed by atoms with E-state index in [0.29, 0.717) is 29.1 Å². The number of halogens is 1. The number of aryl methyl sites for hydroxylation is 2. The molecule has 0 aliphatic heterocycles. The van der Waals surface area contributed by atoms with Gasteiger partial charge in [-0.2, -0.15) is 0 Å². The molecule has 0 saturated heterocycles. The van der Waals surface area contributed by atoms with Crippen LogP contribution in [0.4, 0.5) is 10.2 Å². The fourth-order valence-electron chi connectivity index (χ4n) is 4.32. The van der Waals surface area contributed by atoms with Gasteiger partial charge in [-0.05, 0) is 49.2 Å². The van der Waals surface area contributed by atoms with E-state index in [1.165, 1.54) is 18.5 Å². The number of hydrogen-bond donors (Lipinski definition) is 2. The number of anilines is 1. The molecule has 0 radical (unpaired) electrons. The Kier molecular flexibility index (Phi) is 6.57. The van der Waals surface area contributed by atoms with Crippen LogP contribution in [-0.4, -0.2) is 25.4 Å². The van der Waals surface area contributed by atoms with Crippen molar-refractivity contribution in [3.8, 4) is 28.6 Å². The molecule has 0 aliphatic carbocycles. The number of nitrogens with zero attached hydrogens (tertiary/aromatic N) is 4. The zero-order valence-corrected chi connectivity index (χ0v) is 20.9. The zero-order valence-electron chi connectivity index (χ0n) is 20.9. The number of nitrogens with one attached hydrogen (secondary N) is 1. The third-order valence-corrected chi connectivity index (χ3v) is 6.14. The Labute approximate surface area is 218 Å². The summed E-state index contributed by atoms with van der Waals surface area (Å²) in [5.41, 5.74) is 12.3. The molecule has 3 N–H and O–H groups in total. The summed E-state index contributed by atoms with van der Waals surface area (Å²) in [5, 5.41) is 2.76. The van der Waals surface area contributed by atoms with E-state index in [2.05, 4.69) is 26.8 Å². The summed E-state index contributed by atoms with van der Waals surface area (Å²) in [5.74, 6) is -0.164. The quantitative estimate of drug-likeness (QED) is 0.285. The molecule has 0 aliphatic rings. The molecule has 5 aromatic rings. The second kappa shape index (κ2) is 10.1. The third kappa shape index (κ3) is 4.69. The predicted octanol–water partition coefficient (Wildman–Crippen LogP) is 5.42. The lowest BCUT2D eigenvalue weighted by atomic mass is 10.1. The number of aromatic nitrogens is 4. The fourth-order valence-corrected chi connectivity index (χ4v) is 4.32. The number of pyridine rings is 1. The Morgan fingerprint density at radius 3 is 2.63 bits per heavy atom. The third-order valence-electron chi connectivity index (χ3n) is 6.14. The summed E-state index contributed by atoms with van der Waals surface area (Å²) in [6.45, 7) is 7.61. The first-order valence-corrected chi connectivity index (χ1v) is 11.9. The first-order chi connectivity index (χ1) is 18.4. The van der Waals surface area contributed by atoms with Gasteiger partial charge in [-0.15, -0.1) is 0 Å².